The molecule has 0 saturated carbocycles. The van der Waals surface area contributed by atoms with E-state index < -0.39 is 11.6 Å². The number of hydrogen-bond acceptors (Lipinski definition) is 5. The van der Waals surface area contributed by atoms with Gasteiger partial charge in [-0.3, -0.25) is 9.69 Å². The van der Waals surface area contributed by atoms with E-state index in [4.69, 9.17) is 0 Å². The molecule has 1 aliphatic heterocycles. The van der Waals surface area contributed by atoms with Crippen LogP contribution in [0.2, 0.25) is 0 Å². The number of urea groups is 1. The first-order chi connectivity index (χ1) is 15.7. The Morgan fingerprint density at radius 3 is 2.12 bits per heavy atom. The summed E-state index contributed by atoms with van der Waals surface area (Å²) in [5.74, 6) is 0.0587. The summed E-state index contributed by atoms with van der Waals surface area (Å²) < 4.78 is 1.53. The van der Waals surface area contributed by atoms with E-state index in [1.54, 1.807) is 0 Å². The molecular weight excluding hydrogens is 404 g/mol. The quantitative estimate of drug-likeness (QED) is 0.481. The molecule has 2 heterocycles. The van der Waals surface area contributed by atoms with Crippen LogP contribution in [-0.4, -0.2) is 37.0 Å². The number of carbonyl (C=O) groups excluding carboxylic acids is 2. The molecule has 1 N–H and O–H groups in total. The van der Waals surface area contributed by atoms with Crippen molar-refractivity contribution in [1.29, 1.82) is 0 Å². The number of nitrogens with one attached hydrogen (secondary N) is 1. The minimum Gasteiger partial charge on any atom is -0.319 e. The lowest BCUT2D eigenvalue weighted by molar-refractivity contribution is -0.132. The molecule has 1 saturated heterocycles. The highest BCUT2D eigenvalue weighted by Gasteiger charge is 2.52. The van der Waals surface area contributed by atoms with Crippen LogP contribution in [0.5, 0.6) is 0 Å². The molecule has 5 rings (SSSR count). The van der Waals surface area contributed by atoms with E-state index in [-0.39, 0.29) is 12.5 Å². The Morgan fingerprint density at radius 1 is 0.812 bits per heavy atom. The van der Waals surface area contributed by atoms with Gasteiger partial charge in [-0.2, -0.15) is 4.68 Å². The normalized spacial score (nSPS) is 18.1. The standard InChI is InChI=1S/C24H20N6O2/c31-22-24(19-12-6-2-7-13-19,16-18-10-4-1-5-11-18)25-23(32)29(22)17-21-26-27-28-30(21)20-14-8-3-9-15-20/h1-15H,16-17H2,(H,25,32)/t24-/m0/s1. The highest BCUT2D eigenvalue weighted by molar-refractivity contribution is 6.07. The topological polar surface area (TPSA) is 93.0 Å². The maximum atomic E-state index is 13.8. The largest absolute Gasteiger partial charge is 0.325 e. The van der Waals surface area contributed by atoms with Crippen LogP contribution in [0.3, 0.4) is 0 Å². The zero-order valence-corrected chi connectivity index (χ0v) is 17.1. The van der Waals surface area contributed by atoms with E-state index in [1.807, 2.05) is 91.0 Å². The average Bonchev–Trinajstić information content (AvgIpc) is 3.40. The summed E-state index contributed by atoms with van der Waals surface area (Å²) in [4.78, 5) is 28.0. The van der Waals surface area contributed by atoms with Crippen molar-refractivity contribution in [2.45, 2.75) is 18.5 Å². The van der Waals surface area contributed by atoms with Gasteiger partial charge in [-0.05, 0) is 33.7 Å². The Hall–Kier alpha value is -4.33. The number of para-hydroxylation sites is 1. The molecule has 1 fully saturated rings. The molecule has 8 heteroatoms. The first kappa shape index (κ1) is 19.6. The van der Waals surface area contributed by atoms with Gasteiger partial charge in [0.2, 0.25) is 0 Å². The molecule has 1 aliphatic rings. The summed E-state index contributed by atoms with van der Waals surface area (Å²) >= 11 is 0. The highest BCUT2D eigenvalue weighted by Crippen LogP contribution is 2.33. The van der Waals surface area contributed by atoms with Crippen molar-refractivity contribution in [2.75, 3.05) is 0 Å². The van der Waals surface area contributed by atoms with Crippen molar-refractivity contribution in [1.82, 2.24) is 30.4 Å². The van der Waals surface area contributed by atoms with E-state index in [0.717, 1.165) is 16.8 Å². The summed E-state index contributed by atoms with van der Waals surface area (Å²) in [5.41, 5.74) is 1.22. The second kappa shape index (κ2) is 8.07. The number of carbonyl (C=O) groups is 2. The molecule has 0 spiro atoms. The fourth-order valence-corrected chi connectivity index (χ4v) is 4.03. The van der Waals surface area contributed by atoms with Crippen LogP contribution >= 0.6 is 0 Å². The fourth-order valence-electron chi connectivity index (χ4n) is 4.03. The Kier molecular flexibility index (Phi) is 4.95. The van der Waals surface area contributed by atoms with Gasteiger partial charge in [0.15, 0.2) is 11.4 Å². The first-order valence-corrected chi connectivity index (χ1v) is 10.2. The van der Waals surface area contributed by atoms with E-state index in [9.17, 15) is 9.59 Å². The van der Waals surface area contributed by atoms with Crippen molar-refractivity contribution in [3.05, 3.63) is 108 Å². The highest BCUT2D eigenvalue weighted by atomic mass is 16.2. The van der Waals surface area contributed by atoms with Gasteiger partial charge in [0, 0.05) is 6.42 Å². The predicted molar refractivity (Wildman–Crippen MR) is 117 cm³/mol. The van der Waals surface area contributed by atoms with E-state index >= 15 is 0 Å². The monoisotopic (exact) mass is 424 g/mol. The smallest absolute Gasteiger partial charge is 0.319 e. The van der Waals surface area contributed by atoms with Gasteiger partial charge in [-0.25, -0.2) is 4.79 Å². The molecular formula is C24H20N6O2. The Labute approximate surface area is 184 Å². The number of amides is 3. The zero-order chi connectivity index (χ0) is 22.0. The third kappa shape index (κ3) is 3.41. The maximum Gasteiger partial charge on any atom is 0.325 e. The number of imide groups is 1. The maximum absolute atomic E-state index is 13.8. The first-order valence-electron chi connectivity index (χ1n) is 10.2. The van der Waals surface area contributed by atoms with E-state index in [0.29, 0.717) is 12.2 Å². The molecule has 0 aliphatic carbocycles. The molecule has 0 radical (unpaired) electrons. The molecule has 0 bridgehead atoms. The van der Waals surface area contributed by atoms with Crippen LogP contribution in [0.1, 0.15) is 17.0 Å². The zero-order valence-electron chi connectivity index (χ0n) is 17.1. The minimum atomic E-state index is -1.20. The van der Waals surface area contributed by atoms with Crippen molar-refractivity contribution in [2.24, 2.45) is 0 Å². The van der Waals surface area contributed by atoms with Gasteiger partial charge in [0.25, 0.3) is 5.91 Å². The van der Waals surface area contributed by atoms with Crippen molar-refractivity contribution < 1.29 is 9.59 Å². The van der Waals surface area contributed by atoms with Crippen LogP contribution < -0.4 is 5.32 Å². The lowest BCUT2D eigenvalue weighted by atomic mass is 9.83. The van der Waals surface area contributed by atoms with Gasteiger partial charge < -0.3 is 5.32 Å². The van der Waals surface area contributed by atoms with Gasteiger partial charge in [0.1, 0.15) is 0 Å². The molecule has 4 aromatic rings. The van der Waals surface area contributed by atoms with E-state index in [2.05, 4.69) is 20.8 Å². The number of hydrogen-bond donors (Lipinski definition) is 1. The van der Waals surface area contributed by atoms with Crippen molar-refractivity contribution >= 4 is 11.9 Å². The van der Waals surface area contributed by atoms with E-state index in [1.165, 1.54) is 9.58 Å². The lowest BCUT2D eigenvalue weighted by Crippen LogP contribution is -2.46. The summed E-state index contributed by atoms with van der Waals surface area (Å²) in [6.45, 7) is -0.0457. The minimum absolute atomic E-state index is 0.0457. The third-order valence-corrected chi connectivity index (χ3v) is 5.59. The molecule has 32 heavy (non-hydrogen) atoms. The van der Waals surface area contributed by atoms with Crippen LogP contribution in [0, 0.1) is 0 Å². The molecule has 1 atom stereocenters. The molecule has 158 valence electrons. The van der Waals surface area contributed by atoms with Gasteiger partial charge in [-0.15, -0.1) is 5.10 Å². The van der Waals surface area contributed by atoms with Crippen molar-refractivity contribution in [3.8, 4) is 5.69 Å². The molecule has 8 nitrogen and oxygen atoms in total. The van der Waals surface area contributed by atoms with Crippen molar-refractivity contribution in [3.63, 3.8) is 0 Å². The van der Waals surface area contributed by atoms with Gasteiger partial charge in [-0.1, -0.05) is 78.9 Å². The number of nitrogens with zero attached hydrogens (tertiary/aromatic N) is 5. The molecule has 3 amide bonds. The number of aromatic nitrogens is 4. The molecule has 0 unspecified atom stereocenters. The average molecular weight is 424 g/mol. The van der Waals surface area contributed by atoms with Crippen LogP contribution in [-0.2, 0) is 23.3 Å². The second-order valence-corrected chi connectivity index (χ2v) is 7.60. The number of benzene rings is 3. The third-order valence-electron chi connectivity index (χ3n) is 5.59. The van der Waals surface area contributed by atoms with Gasteiger partial charge >= 0.3 is 6.03 Å². The van der Waals surface area contributed by atoms with Crippen LogP contribution in [0.15, 0.2) is 91.0 Å². The van der Waals surface area contributed by atoms with Gasteiger partial charge in [0.05, 0.1) is 12.2 Å². The molecule has 3 aromatic carbocycles. The number of rotatable bonds is 6. The van der Waals surface area contributed by atoms with Crippen LogP contribution in [0.25, 0.3) is 5.69 Å². The summed E-state index contributed by atoms with van der Waals surface area (Å²) in [5, 5.41) is 14.8. The Morgan fingerprint density at radius 2 is 1.44 bits per heavy atom. The summed E-state index contributed by atoms with van der Waals surface area (Å²) in [7, 11) is 0. The lowest BCUT2D eigenvalue weighted by Gasteiger charge is -2.27. The molecule has 1 aromatic heterocycles. The Bertz CT molecular complexity index is 1240. The predicted octanol–water partition coefficient (Wildman–Crippen LogP) is 2.85. The summed E-state index contributed by atoms with van der Waals surface area (Å²) in [6.07, 6.45) is 0.336. The SMILES string of the molecule is O=C1N[C@@](Cc2ccccc2)(c2ccccc2)C(=O)N1Cc1nnnn1-c1ccccc1. The fraction of sp³-hybridized carbons (Fsp3) is 0.125. The van der Waals surface area contributed by atoms with Crippen LogP contribution in [0.4, 0.5) is 4.79 Å². The second-order valence-electron chi connectivity index (χ2n) is 7.60. The Balaban J connectivity index is 1.51. The summed E-state index contributed by atoms with van der Waals surface area (Å²) in [6, 6.07) is 27.8. The number of tetrazole rings is 1.